The Bertz CT molecular complexity index is 1080. The number of nitrogens with one attached hydrogen (secondary N) is 2. The normalized spacial score (nSPS) is 12.6. The van der Waals surface area contributed by atoms with Crippen LogP contribution in [0.2, 0.25) is 0 Å². The monoisotopic (exact) mass is 413 g/mol. The molecule has 1 aromatic heterocycles. The maximum Gasteiger partial charge on any atom is 0.310 e. The molecule has 4 rings (SSSR count). The van der Waals surface area contributed by atoms with E-state index in [1.165, 1.54) is 30.6 Å². The maximum absolute atomic E-state index is 13.1. The molecular weight excluding hydrogens is 397 g/mol. The Labute approximate surface area is 169 Å². The number of nitrogens with zero attached hydrogens (tertiary/aromatic N) is 1. The van der Waals surface area contributed by atoms with Crippen LogP contribution in [0.1, 0.15) is 4.88 Å². The van der Waals surface area contributed by atoms with Gasteiger partial charge >= 0.3 is 5.97 Å². The Balaban J connectivity index is 1.70. The smallest absolute Gasteiger partial charge is 0.310 e. The number of carbonyl (C=O) groups is 2. The van der Waals surface area contributed by atoms with Crippen LogP contribution in [0.25, 0.3) is 11.3 Å². The fourth-order valence-electron chi connectivity index (χ4n) is 2.84. The minimum Gasteiger partial charge on any atom is -0.482 e. The zero-order valence-corrected chi connectivity index (χ0v) is 16.1. The first kappa shape index (κ1) is 18.9. The lowest BCUT2D eigenvalue weighted by atomic mass is 10.1. The predicted molar refractivity (Wildman–Crippen MR) is 107 cm³/mol. The second-order valence-corrected chi connectivity index (χ2v) is 7.31. The van der Waals surface area contributed by atoms with Crippen LogP contribution in [-0.2, 0) is 20.7 Å². The fraction of sp³-hybridized carbons (Fsp3) is 0.150. The summed E-state index contributed by atoms with van der Waals surface area (Å²) in [6.07, 6.45) is 0.0501. The molecule has 0 radical (unpaired) electrons. The largest absolute Gasteiger partial charge is 0.482 e. The molecule has 3 aromatic rings. The van der Waals surface area contributed by atoms with Crippen molar-refractivity contribution in [2.45, 2.75) is 6.42 Å². The Morgan fingerprint density at radius 2 is 2.10 bits per heavy atom. The van der Waals surface area contributed by atoms with Gasteiger partial charge in [0, 0.05) is 16.1 Å². The highest BCUT2D eigenvalue weighted by Crippen LogP contribution is 2.37. The standard InChI is InChI=1S/C20H16FN3O4S/c1-27-18(26)9-16-19(11-2-7-15-14(8-11)23-17(25)10-28-15)24-20(29-16)22-13-5-3-12(21)4-6-13/h2-8H,9-10H2,1H3,(H,22,24)(H,23,25). The summed E-state index contributed by atoms with van der Waals surface area (Å²) in [7, 11) is 1.33. The highest BCUT2D eigenvalue weighted by atomic mass is 32.1. The lowest BCUT2D eigenvalue weighted by Crippen LogP contribution is -2.25. The molecule has 9 heteroatoms. The lowest BCUT2D eigenvalue weighted by Gasteiger charge is -2.18. The quantitative estimate of drug-likeness (QED) is 0.620. The number of benzene rings is 2. The van der Waals surface area contributed by atoms with Crippen LogP contribution in [0, 0.1) is 5.82 Å². The molecule has 29 heavy (non-hydrogen) atoms. The van der Waals surface area contributed by atoms with Gasteiger partial charge in [-0.1, -0.05) is 0 Å². The topological polar surface area (TPSA) is 89.5 Å². The molecule has 148 valence electrons. The van der Waals surface area contributed by atoms with Crippen LogP contribution in [0.3, 0.4) is 0 Å². The Hall–Kier alpha value is -3.46. The van der Waals surface area contributed by atoms with Gasteiger partial charge in [-0.05, 0) is 42.5 Å². The van der Waals surface area contributed by atoms with Gasteiger partial charge in [-0.25, -0.2) is 9.37 Å². The van der Waals surface area contributed by atoms with E-state index in [1.54, 1.807) is 24.3 Å². The number of anilines is 3. The van der Waals surface area contributed by atoms with Crippen LogP contribution in [-0.4, -0.2) is 30.6 Å². The molecule has 1 aliphatic rings. The average Bonchev–Trinajstić information content (AvgIpc) is 3.11. The molecule has 2 aromatic carbocycles. The van der Waals surface area contributed by atoms with E-state index >= 15 is 0 Å². The number of hydrogen-bond acceptors (Lipinski definition) is 7. The van der Waals surface area contributed by atoms with Crippen molar-refractivity contribution in [3.05, 3.63) is 53.2 Å². The fourth-order valence-corrected chi connectivity index (χ4v) is 3.83. The number of halogens is 1. The number of fused-ring (bicyclic) bond motifs is 1. The van der Waals surface area contributed by atoms with Crippen molar-refractivity contribution in [3.63, 3.8) is 0 Å². The van der Waals surface area contributed by atoms with Crippen molar-refractivity contribution in [1.29, 1.82) is 0 Å². The first-order chi connectivity index (χ1) is 14.0. The molecule has 0 atom stereocenters. The molecule has 7 nitrogen and oxygen atoms in total. The van der Waals surface area contributed by atoms with Crippen molar-refractivity contribution < 1.29 is 23.5 Å². The molecule has 2 N–H and O–H groups in total. The van der Waals surface area contributed by atoms with Gasteiger partial charge in [0.1, 0.15) is 11.6 Å². The van der Waals surface area contributed by atoms with Gasteiger partial charge in [0.25, 0.3) is 5.91 Å². The third kappa shape index (κ3) is 4.19. The number of rotatable bonds is 5. The molecular formula is C20H16FN3O4S. The molecule has 0 saturated heterocycles. The third-order valence-corrected chi connectivity index (χ3v) is 5.18. The molecule has 0 fully saturated rings. The van der Waals surface area contributed by atoms with Crippen molar-refractivity contribution in [3.8, 4) is 17.0 Å². The van der Waals surface area contributed by atoms with Crippen LogP contribution in [0.4, 0.5) is 20.9 Å². The molecule has 0 aliphatic carbocycles. The van der Waals surface area contributed by atoms with Crippen molar-refractivity contribution >= 4 is 39.7 Å². The zero-order chi connectivity index (χ0) is 20.4. The van der Waals surface area contributed by atoms with E-state index in [1.807, 2.05) is 6.07 Å². The summed E-state index contributed by atoms with van der Waals surface area (Å²) < 4.78 is 23.3. The lowest BCUT2D eigenvalue weighted by molar-refractivity contribution is -0.139. The molecule has 1 aliphatic heterocycles. The van der Waals surface area contributed by atoms with Gasteiger partial charge in [0.2, 0.25) is 0 Å². The number of thiazole rings is 1. The van der Waals surface area contributed by atoms with E-state index in [0.717, 1.165) is 5.56 Å². The number of hydrogen-bond donors (Lipinski definition) is 2. The number of carbonyl (C=O) groups excluding carboxylic acids is 2. The maximum atomic E-state index is 13.1. The summed E-state index contributed by atoms with van der Waals surface area (Å²) >= 11 is 1.30. The van der Waals surface area contributed by atoms with Gasteiger partial charge in [-0.3, -0.25) is 9.59 Å². The molecule has 2 heterocycles. The minimum absolute atomic E-state index is 0.0254. The second kappa shape index (κ2) is 7.88. The van der Waals surface area contributed by atoms with Crippen LogP contribution >= 0.6 is 11.3 Å². The Kier molecular flexibility index (Phi) is 5.13. The minimum atomic E-state index is -0.391. The highest BCUT2D eigenvalue weighted by Gasteiger charge is 2.21. The van der Waals surface area contributed by atoms with E-state index in [2.05, 4.69) is 15.6 Å². The van der Waals surface area contributed by atoms with Crippen LogP contribution in [0.15, 0.2) is 42.5 Å². The molecule has 0 saturated carbocycles. The van der Waals surface area contributed by atoms with E-state index in [9.17, 15) is 14.0 Å². The first-order valence-corrected chi connectivity index (χ1v) is 9.49. The van der Waals surface area contributed by atoms with E-state index in [0.29, 0.717) is 32.8 Å². The summed E-state index contributed by atoms with van der Waals surface area (Å²) in [6, 6.07) is 11.2. The predicted octanol–water partition coefficient (Wildman–Crippen LogP) is 3.74. The zero-order valence-electron chi connectivity index (χ0n) is 15.3. The van der Waals surface area contributed by atoms with E-state index < -0.39 is 5.97 Å². The number of aromatic nitrogens is 1. The molecule has 0 spiro atoms. The number of methoxy groups -OCH3 is 1. The first-order valence-electron chi connectivity index (χ1n) is 8.68. The average molecular weight is 413 g/mol. The van der Waals surface area contributed by atoms with Gasteiger partial charge in [-0.2, -0.15) is 0 Å². The van der Waals surface area contributed by atoms with Gasteiger partial charge in [-0.15, -0.1) is 11.3 Å². The van der Waals surface area contributed by atoms with Gasteiger partial charge in [0.05, 0.1) is 24.9 Å². The number of ether oxygens (including phenoxy) is 2. The Morgan fingerprint density at radius 3 is 2.86 bits per heavy atom. The third-order valence-electron chi connectivity index (χ3n) is 4.21. The summed E-state index contributed by atoms with van der Waals surface area (Å²) in [4.78, 5) is 28.8. The summed E-state index contributed by atoms with van der Waals surface area (Å²) in [5.74, 6) is -0.387. The van der Waals surface area contributed by atoms with Crippen LogP contribution < -0.4 is 15.4 Å². The molecule has 0 bridgehead atoms. The van der Waals surface area contributed by atoms with Gasteiger partial charge in [0.15, 0.2) is 11.7 Å². The molecule has 0 unspecified atom stereocenters. The second-order valence-electron chi connectivity index (χ2n) is 6.22. The number of esters is 1. The van der Waals surface area contributed by atoms with Crippen molar-refractivity contribution in [2.75, 3.05) is 24.4 Å². The highest BCUT2D eigenvalue weighted by molar-refractivity contribution is 7.16. The summed E-state index contributed by atoms with van der Waals surface area (Å²) in [6.45, 7) is -0.0254. The van der Waals surface area contributed by atoms with Crippen LogP contribution in [0.5, 0.6) is 5.75 Å². The number of amides is 1. The Morgan fingerprint density at radius 1 is 1.31 bits per heavy atom. The van der Waals surface area contributed by atoms with E-state index in [-0.39, 0.29) is 24.8 Å². The molecule has 1 amide bonds. The van der Waals surface area contributed by atoms with Crippen molar-refractivity contribution in [1.82, 2.24) is 4.98 Å². The summed E-state index contributed by atoms with van der Waals surface area (Å²) in [5.41, 5.74) is 2.52. The van der Waals surface area contributed by atoms with Gasteiger partial charge < -0.3 is 20.1 Å². The van der Waals surface area contributed by atoms with Crippen molar-refractivity contribution in [2.24, 2.45) is 0 Å². The summed E-state index contributed by atoms with van der Waals surface area (Å²) in [5, 5.41) is 6.42. The van der Waals surface area contributed by atoms with E-state index in [4.69, 9.17) is 9.47 Å². The SMILES string of the molecule is COC(=O)Cc1sc(Nc2ccc(F)cc2)nc1-c1ccc2c(c1)NC(=O)CO2.